The zero-order chi connectivity index (χ0) is 20.4. The second kappa shape index (κ2) is 8.15. The zero-order valence-corrected chi connectivity index (χ0v) is 17.5. The van der Waals surface area contributed by atoms with Crippen LogP contribution in [0.2, 0.25) is 7.25 Å². The van der Waals surface area contributed by atoms with Gasteiger partial charge in [-0.3, -0.25) is 0 Å². The van der Waals surface area contributed by atoms with Gasteiger partial charge in [0.05, 0.1) is 0 Å². The third-order valence-corrected chi connectivity index (χ3v) is 13.8. The fourth-order valence-electron chi connectivity index (χ4n) is 3.39. The molecular formula is C22H16F4O2Zr. The normalized spacial score (nSPS) is 16.1. The molecular weight excluding hydrogens is 463 g/mol. The van der Waals surface area contributed by atoms with E-state index in [1.807, 2.05) is 0 Å². The number of para-hydroxylation sites is 2. The molecule has 148 valence electrons. The van der Waals surface area contributed by atoms with Crippen LogP contribution in [0, 0.1) is 23.3 Å². The van der Waals surface area contributed by atoms with E-state index >= 15 is 0 Å². The summed E-state index contributed by atoms with van der Waals surface area (Å²) in [6.07, 6.45) is 14.1. The van der Waals surface area contributed by atoms with Crippen molar-refractivity contribution in [3.63, 3.8) is 0 Å². The first kappa shape index (κ1) is 19.9. The molecule has 0 atom stereocenters. The molecule has 7 heteroatoms. The van der Waals surface area contributed by atoms with Crippen molar-refractivity contribution in [3.8, 4) is 11.5 Å². The minimum atomic E-state index is -4.85. The van der Waals surface area contributed by atoms with Gasteiger partial charge in [0, 0.05) is 0 Å². The Morgan fingerprint density at radius 2 is 0.862 bits per heavy atom. The predicted octanol–water partition coefficient (Wildman–Crippen LogP) is 6.51. The molecule has 2 aromatic carbocycles. The standard InChI is InChI=1S/2C6H4F2O.2C5H5.Zr/c2*7-4-2-1-3-5(8)6(4)9;2*1-2-4-5-3-1;/h2*1-3,9H;2*1-5H;/q;;;;+2/p-2. The van der Waals surface area contributed by atoms with Crippen LogP contribution in [0.5, 0.6) is 11.5 Å². The van der Waals surface area contributed by atoms with Crippen LogP contribution < -0.4 is 5.63 Å². The van der Waals surface area contributed by atoms with Gasteiger partial charge in [-0.05, 0) is 0 Å². The molecule has 0 aliphatic heterocycles. The summed E-state index contributed by atoms with van der Waals surface area (Å²) in [5.41, 5.74) is 0. The second-order valence-electron chi connectivity index (χ2n) is 6.62. The molecule has 0 amide bonds. The van der Waals surface area contributed by atoms with Gasteiger partial charge in [-0.25, -0.2) is 0 Å². The van der Waals surface area contributed by atoms with Crippen molar-refractivity contribution in [1.29, 1.82) is 0 Å². The third-order valence-electron chi connectivity index (χ3n) is 4.79. The van der Waals surface area contributed by atoms with E-state index in [0.717, 1.165) is 24.3 Å². The van der Waals surface area contributed by atoms with E-state index in [2.05, 4.69) is 0 Å². The molecule has 29 heavy (non-hydrogen) atoms. The summed E-state index contributed by atoms with van der Waals surface area (Å²) in [5, 5.41) is 0. The van der Waals surface area contributed by atoms with E-state index in [-0.39, 0.29) is 0 Å². The van der Waals surface area contributed by atoms with Gasteiger partial charge in [0.15, 0.2) is 0 Å². The Balaban J connectivity index is 1.89. The van der Waals surface area contributed by atoms with Crippen molar-refractivity contribution in [3.05, 3.63) is 108 Å². The van der Waals surface area contributed by atoms with E-state index in [9.17, 15) is 17.6 Å². The van der Waals surface area contributed by atoms with Crippen LogP contribution in [-0.2, 0) is 21.1 Å². The SMILES string of the molecule is Fc1cccc(F)c1[O][Zr]([O]c1c(F)cccc1F)([CH]1C=CC=C1)[CH]1C=CC=C1. The van der Waals surface area contributed by atoms with Crippen LogP contribution in [0.3, 0.4) is 0 Å². The Morgan fingerprint density at radius 3 is 1.17 bits per heavy atom. The van der Waals surface area contributed by atoms with Gasteiger partial charge >= 0.3 is 171 Å². The van der Waals surface area contributed by atoms with E-state index in [1.54, 1.807) is 48.6 Å². The summed E-state index contributed by atoms with van der Waals surface area (Å²) >= 11 is -4.85. The molecule has 0 aromatic heterocycles. The first-order valence-corrected chi connectivity index (χ1v) is 13.8. The summed E-state index contributed by atoms with van der Waals surface area (Å²) < 4.78 is 68.9. The van der Waals surface area contributed by atoms with Crippen LogP contribution in [0.15, 0.2) is 85.0 Å². The van der Waals surface area contributed by atoms with Gasteiger partial charge in [-0.2, -0.15) is 0 Å². The molecule has 2 aliphatic rings. The number of hydrogen-bond acceptors (Lipinski definition) is 2. The van der Waals surface area contributed by atoms with Gasteiger partial charge in [0.1, 0.15) is 0 Å². The quantitative estimate of drug-likeness (QED) is 0.440. The zero-order valence-electron chi connectivity index (χ0n) is 15.1. The topological polar surface area (TPSA) is 18.5 Å². The molecule has 0 fully saturated rings. The van der Waals surface area contributed by atoms with E-state index in [1.165, 1.54) is 12.1 Å². The Hall–Kier alpha value is -2.40. The fourth-order valence-corrected chi connectivity index (χ4v) is 12.2. The Bertz CT molecular complexity index is 897. The monoisotopic (exact) mass is 478 g/mol. The summed E-state index contributed by atoms with van der Waals surface area (Å²) in [6, 6.07) is 6.71. The first-order chi connectivity index (χ1) is 14.0. The molecule has 2 nitrogen and oxygen atoms in total. The minimum absolute atomic E-state index is 0.472. The second-order valence-corrected chi connectivity index (χ2v) is 14.4. The number of rotatable bonds is 6. The van der Waals surface area contributed by atoms with Gasteiger partial charge < -0.3 is 0 Å². The third kappa shape index (κ3) is 3.76. The number of hydrogen-bond donors (Lipinski definition) is 0. The van der Waals surface area contributed by atoms with Crippen molar-refractivity contribution in [2.45, 2.75) is 7.25 Å². The van der Waals surface area contributed by atoms with Gasteiger partial charge in [-0.1, -0.05) is 0 Å². The van der Waals surface area contributed by atoms with E-state index in [0.29, 0.717) is 0 Å². The summed E-state index contributed by atoms with van der Waals surface area (Å²) in [4.78, 5) is 0. The average Bonchev–Trinajstić information content (AvgIpc) is 3.41. The molecule has 4 rings (SSSR count). The number of allylic oxidation sites excluding steroid dienone is 8. The fraction of sp³-hybridized carbons (Fsp3) is 0.0909. The average molecular weight is 480 g/mol. The van der Waals surface area contributed by atoms with Crippen LogP contribution in [0.4, 0.5) is 17.6 Å². The van der Waals surface area contributed by atoms with Gasteiger partial charge in [-0.15, -0.1) is 0 Å². The van der Waals surface area contributed by atoms with Crippen LogP contribution >= 0.6 is 0 Å². The van der Waals surface area contributed by atoms with Crippen molar-refractivity contribution in [1.82, 2.24) is 0 Å². The maximum atomic E-state index is 14.4. The van der Waals surface area contributed by atoms with E-state index < -0.39 is 63.2 Å². The van der Waals surface area contributed by atoms with E-state index in [4.69, 9.17) is 5.63 Å². The first-order valence-electron chi connectivity index (χ1n) is 8.97. The molecule has 2 aliphatic carbocycles. The van der Waals surface area contributed by atoms with Crippen molar-refractivity contribution >= 4 is 0 Å². The molecule has 0 saturated carbocycles. The van der Waals surface area contributed by atoms with Gasteiger partial charge in [0.2, 0.25) is 0 Å². The summed E-state index contributed by atoms with van der Waals surface area (Å²) in [5.74, 6) is -4.80. The Morgan fingerprint density at radius 1 is 0.552 bits per heavy atom. The predicted molar refractivity (Wildman–Crippen MR) is 98.0 cm³/mol. The summed E-state index contributed by atoms with van der Waals surface area (Å²) in [7, 11) is 0. The molecule has 0 spiro atoms. The Labute approximate surface area is 171 Å². The molecule has 0 saturated heterocycles. The molecule has 2 aromatic rings. The Kier molecular flexibility index (Phi) is 5.59. The number of benzene rings is 2. The molecule has 0 bridgehead atoms. The van der Waals surface area contributed by atoms with Crippen molar-refractivity contribution < 1.29 is 44.3 Å². The molecule has 0 radical (unpaired) electrons. The molecule has 0 heterocycles. The van der Waals surface area contributed by atoms with Crippen molar-refractivity contribution in [2.24, 2.45) is 0 Å². The van der Waals surface area contributed by atoms with Crippen molar-refractivity contribution in [2.75, 3.05) is 0 Å². The summed E-state index contributed by atoms with van der Waals surface area (Å²) in [6.45, 7) is 0. The maximum absolute atomic E-state index is 14.4. The van der Waals surface area contributed by atoms with Crippen LogP contribution in [0.1, 0.15) is 0 Å². The molecule has 0 N–H and O–H groups in total. The van der Waals surface area contributed by atoms with Crippen LogP contribution in [0.25, 0.3) is 0 Å². The number of halogens is 4. The van der Waals surface area contributed by atoms with Crippen LogP contribution in [-0.4, -0.2) is 0 Å². The molecule has 0 unspecified atom stereocenters. The van der Waals surface area contributed by atoms with Gasteiger partial charge in [0.25, 0.3) is 0 Å².